The zero-order valence-electron chi connectivity index (χ0n) is 11.6. The Kier molecular flexibility index (Phi) is 4.89. The Balaban J connectivity index is 2.04. The van der Waals surface area contributed by atoms with Crippen LogP contribution in [0.2, 0.25) is 0 Å². The van der Waals surface area contributed by atoms with Crippen LogP contribution in [0.4, 0.5) is 0 Å². The van der Waals surface area contributed by atoms with E-state index in [9.17, 15) is 19.5 Å². The van der Waals surface area contributed by atoms with Gasteiger partial charge in [-0.2, -0.15) is 0 Å². The number of carbonyl (C=O) groups is 3. The maximum absolute atomic E-state index is 12.4. The summed E-state index contributed by atoms with van der Waals surface area (Å²) in [4.78, 5) is 37.4. The molecule has 1 aliphatic rings. The number of nitrogens with one attached hydrogen (secondary N) is 1. The molecular formula is C13H16N2O4S2. The molecule has 114 valence electrons. The molecule has 2 rings (SSSR count). The molecule has 2 amide bonds. The molecule has 2 heterocycles. The summed E-state index contributed by atoms with van der Waals surface area (Å²) >= 11 is 2.71. The van der Waals surface area contributed by atoms with Crippen LogP contribution in [0.15, 0.2) is 17.5 Å². The van der Waals surface area contributed by atoms with E-state index in [1.807, 2.05) is 0 Å². The van der Waals surface area contributed by atoms with E-state index in [0.29, 0.717) is 10.6 Å². The second kappa shape index (κ2) is 6.48. The van der Waals surface area contributed by atoms with Crippen LogP contribution in [0.25, 0.3) is 0 Å². The quantitative estimate of drug-likeness (QED) is 0.868. The molecule has 3 atom stereocenters. The van der Waals surface area contributed by atoms with Gasteiger partial charge in [0.15, 0.2) is 0 Å². The van der Waals surface area contributed by atoms with E-state index in [1.54, 1.807) is 31.4 Å². The fourth-order valence-corrected chi connectivity index (χ4v) is 3.93. The lowest BCUT2D eigenvalue weighted by atomic mass is 10.2. The highest BCUT2D eigenvalue weighted by Crippen LogP contribution is 2.29. The minimum absolute atomic E-state index is 0.209. The molecule has 21 heavy (non-hydrogen) atoms. The van der Waals surface area contributed by atoms with Crippen LogP contribution >= 0.6 is 23.1 Å². The number of nitrogens with zero attached hydrogens (tertiary/aromatic N) is 1. The topological polar surface area (TPSA) is 86.7 Å². The van der Waals surface area contributed by atoms with Crippen molar-refractivity contribution in [2.45, 2.75) is 31.3 Å². The minimum atomic E-state index is -1.02. The van der Waals surface area contributed by atoms with Gasteiger partial charge in [0.25, 0.3) is 5.91 Å². The third-order valence-corrected chi connectivity index (χ3v) is 5.31. The number of carboxylic acids is 1. The maximum atomic E-state index is 12.4. The van der Waals surface area contributed by atoms with Gasteiger partial charge in [0.05, 0.1) is 10.3 Å². The van der Waals surface area contributed by atoms with E-state index >= 15 is 0 Å². The number of amides is 2. The Morgan fingerprint density at radius 2 is 2.19 bits per heavy atom. The summed E-state index contributed by atoms with van der Waals surface area (Å²) in [6, 6.07) is 1.83. The van der Waals surface area contributed by atoms with E-state index in [4.69, 9.17) is 0 Å². The van der Waals surface area contributed by atoms with Crippen molar-refractivity contribution < 1.29 is 19.5 Å². The van der Waals surface area contributed by atoms with Gasteiger partial charge in [0.1, 0.15) is 12.1 Å². The molecule has 0 bridgehead atoms. The second-order valence-electron chi connectivity index (χ2n) is 4.70. The third-order valence-electron chi connectivity index (χ3n) is 3.23. The Labute approximate surface area is 130 Å². The predicted octanol–water partition coefficient (Wildman–Crippen LogP) is 1.24. The summed E-state index contributed by atoms with van der Waals surface area (Å²) in [7, 11) is 0. The van der Waals surface area contributed by atoms with E-state index < -0.39 is 18.1 Å². The first-order chi connectivity index (χ1) is 9.91. The van der Waals surface area contributed by atoms with Crippen molar-refractivity contribution in [1.29, 1.82) is 0 Å². The highest BCUT2D eigenvalue weighted by Gasteiger charge is 2.41. The number of hydrogen-bond acceptors (Lipinski definition) is 5. The first kappa shape index (κ1) is 15.8. The van der Waals surface area contributed by atoms with Crippen LogP contribution in [-0.2, 0) is 9.59 Å². The number of thiophene rings is 1. The van der Waals surface area contributed by atoms with Gasteiger partial charge >= 0.3 is 5.97 Å². The van der Waals surface area contributed by atoms with Crippen LogP contribution in [-0.4, -0.2) is 51.0 Å². The van der Waals surface area contributed by atoms with E-state index in [0.717, 1.165) is 0 Å². The Morgan fingerprint density at radius 3 is 2.76 bits per heavy atom. The van der Waals surface area contributed by atoms with E-state index in [1.165, 1.54) is 28.0 Å². The number of carboxylic acid groups (broad SMARTS) is 1. The van der Waals surface area contributed by atoms with Crippen molar-refractivity contribution in [1.82, 2.24) is 10.2 Å². The second-order valence-corrected chi connectivity index (χ2v) is 7.00. The number of aliphatic carboxylic acids is 1. The number of hydrogen-bond donors (Lipinski definition) is 2. The Morgan fingerprint density at radius 1 is 1.48 bits per heavy atom. The highest BCUT2D eigenvalue weighted by molar-refractivity contribution is 8.00. The number of carbonyl (C=O) groups excluding carboxylic acids is 2. The average molecular weight is 328 g/mol. The Hall–Kier alpha value is -1.54. The number of rotatable bonds is 4. The smallest absolute Gasteiger partial charge is 0.327 e. The van der Waals surface area contributed by atoms with Gasteiger partial charge in [-0.05, 0) is 25.3 Å². The average Bonchev–Trinajstić information content (AvgIpc) is 3.06. The predicted molar refractivity (Wildman–Crippen MR) is 81.4 cm³/mol. The minimum Gasteiger partial charge on any atom is -0.480 e. The molecule has 8 heteroatoms. The first-order valence-electron chi connectivity index (χ1n) is 6.42. The van der Waals surface area contributed by atoms with Crippen molar-refractivity contribution in [2.24, 2.45) is 0 Å². The molecule has 3 unspecified atom stereocenters. The lowest BCUT2D eigenvalue weighted by Crippen LogP contribution is -2.52. The molecule has 0 saturated carbocycles. The molecule has 0 aliphatic carbocycles. The summed E-state index contributed by atoms with van der Waals surface area (Å²) in [6.07, 6.45) is 0. The van der Waals surface area contributed by atoms with Crippen molar-refractivity contribution in [3.8, 4) is 0 Å². The zero-order valence-corrected chi connectivity index (χ0v) is 13.2. The molecular weight excluding hydrogens is 312 g/mol. The van der Waals surface area contributed by atoms with Crippen molar-refractivity contribution in [3.05, 3.63) is 22.4 Å². The van der Waals surface area contributed by atoms with E-state index in [-0.39, 0.29) is 17.2 Å². The molecule has 1 saturated heterocycles. The summed E-state index contributed by atoms with van der Waals surface area (Å²) in [6.45, 7) is 3.36. The lowest BCUT2D eigenvalue weighted by Gasteiger charge is -2.28. The fraction of sp³-hybridized carbons (Fsp3) is 0.462. The molecule has 0 spiro atoms. The summed E-state index contributed by atoms with van der Waals surface area (Å²) < 4.78 is 0. The SMILES string of the molecule is CC(NC(=O)c1cccs1)C(=O)N1C(C)SCC1C(=O)O. The van der Waals surface area contributed by atoms with Gasteiger partial charge in [0.2, 0.25) is 5.91 Å². The molecule has 2 N–H and O–H groups in total. The van der Waals surface area contributed by atoms with E-state index in [2.05, 4.69) is 5.32 Å². The van der Waals surface area contributed by atoms with Crippen LogP contribution in [0.5, 0.6) is 0 Å². The monoisotopic (exact) mass is 328 g/mol. The standard InChI is InChI=1S/C13H16N2O4S2/c1-7(14-11(16)10-4-3-5-20-10)12(17)15-8(2)21-6-9(15)13(18)19/h3-5,7-9H,6H2,1-2H3,(H,14,16)(H,18,19). The van der Waals surface area contributed by atoms with Gasteiger partial charge in [-0.25, -0.2) is 4.79 Å². The van der Waals surface area contributed by atoms with Gasteiger partial charge in [-0.3, -0.25) is 9.59 Å². The van der Waals surface area contributed by atoms with Crippen LogP contribution in [0, 0.1) is 0 Å². The van der Waals surface area contributed by atoms with Crippen molar-refractivity contribution in [2.75, 3.05) is 5.75 Å². The Bertz CT molecular complexity index is 546. The number of thioether (sulfide) groups is 1. The van der Waals surface area contributed by atoms with Crippen LogP contribution < -0.4 is 5.32 Å². The van der Waals surface area contributed by atoms with Crippen LogP contribution in [0.3, 0.4) is 0 Å². The van der Waals surface area contributed by atoms with Crippen LogP contribution in [0.1, 0.15) is 23.5 Å². The zero-order chi connectivity index (χ0) is 15.6. The normalized spacial score (nSPS) is 22.9. The maximum Gasteiger partial charge on any atom is 0.327 e. The van der Waals surface area contributed by atoms with Gasteiger partial charge in [-0.1, -0.05) is 6.07 Å². The molecule has 0 aromatic carbocycles. The van der Waals surface area contributed by atoms with Gasteiger partial charge in [-0.15, -0.1) is 23.1 Å². The molecule has 1 aliphatic heterocycles. The highest BCUT2D eigenvalue weighted by atomic mass is 32.2. The molecule has 0 radical (unpaired) electrons. The van der Waals surface area contributed by atoms with Gasteiger partial charge in [0, 0.05) is 5.75 Å². The summed E-state index contributed by atoms with van der Waals surface area (Å²) in [5, 5.41) is 13.4. The molecule has 6 nitrogen and oxygen atoms in total. The molecule has 1 aromatic rings. The molecule has 1 aromatic heterocycles. The largest absolute Gasteiger partial charge is 0.480 e. The van der Waals surface area contributed by atoms with Crippen molar-refractivity contribution >= 4 is 40.9 Å². The van der Waals surface area contributed by atoms with Gasteiger partial charge < -0.3 is 15.3 Å². The first-order valence-corrected chi connectivity index (χ1v) is 8.35. The third kappa shape index (κ3) is 3.38. The van der Waals surface area contributed by atoms with Crippen molar-refractivity contribution in [3.63, 3.8) is 0 Å². The fourth-order valence-electron chi connectivity index (χ4n) is 2.13. The summed E-state index contributed by atoms with van der Waals surface area (Å²) in [5.41, 5.74) is 0. The lowest BCUT2D eigenvalue weighted by molar-refractivity contribution is -0.149. The summed E-state index contributed by atoms with van der Waals surface area (Å²) in [5.74, 6) is -1.34. The molecule has 1 fully saturated rings.